The third-order valence-electron chi connectivity index (χ3n) is 5.01. The number of hydrogen-bond donors (Lipinski definition) is 1. The number of nitrogens with zero attached hydrogens (tertiary/aromatic N) is 3. The van der Waals surface area contributed by atoms with Gasteiger partial charge in [0.2, 0.25) is 0 Å². The SMILES string of the molecule is CCOc1cccc(N2C(=O)/C(=C/[C@@H]3C(=O)N(c4ccccc4)N=C3C)C(=O)NC2=S)c1. The average Bonchev–Trinajstić information content (AvgIpc) is 3.05. The second kappa shape index (κ2) is 8.72. The van der Waals surface area contributed by atoms with Crippen LogP contribution < -0.4 is 20.0 Å². The Morgan fingerprint density at radius 3 is 2.53 bits per heavy atom. The number of hydrogen-bond acceptors (Lipinski definition) is 6. The van der Waals surface area contributed by atoms with Crippen molar-refractivity contribution in [2.75, 3.05) is 16.5 Å². The fourth-order valence-corrected chi connectivity index (χ4v) is 3.76. The van der Waals surface area contributed by atoms with Crippen molar-refractivity contribution in [3.05, 3.63) is 66.2 Å². The van der Waals surface area contributed by atoms with Gasteiger partial charge in [0.25, 0.3) is 17.7 Å². The van der Waals surface area contributed by atoms with E-state index in [4.69, 9.17) is 17.0 Å². The van der Waals surface area contributed by atoms with Crippen molar-refractivity contribution in [1.29, 1.82) is 0 Å². The highest BCUT2D eigenvalue weighted by molar-refractivity contribution is 7.80. The lowest BCUT2D eigenvalue weighted by Gasteiger charge is -2.29. The Labute approximate surface area is 190 Å². The molecule has 1 fully saturated rings. The molecule has 2 heterocycles. The zero-order chi connectivity index (χ0) is 22.8. The molecule has 1 saturated heterocycles. The van der Waals surface area contributed by atoms with Gasteiger partial charge in [0.15, 0.2) is 5.11 Å². The Balaban J connectivity index is 1.66. The molecule has 0 radical (unpaired) electrons. The van der Waals surface area contributed by atoms with Crippen LogP contribution in [0.4, 0.5) is 11.4 Å². The summed E-state index contributed by atoms with van der Waals surface area (Å²) in [4.78, 5) is 40.1. The van der Waals surface area contributed by atoms with Crippen molar-refractivity contribution >= 4 is 52.1 Å². The Kier molecular flexibility index (Phi) is 5.83. The number of carbonyl (C=O) groups is 3. The van der Waals surface area contributed by atoms with E-state index in [9.17, 15) is 14.4 Å². The second-order valence-corrected chi connectivity index (χ2v) is 7.50. The van der Waals surface area contributed by atoms with Crippen molar-refractivity contribution in [2.45, 2.75) is 13.8 Å². The first-order valence-electron chi connectivity index (χ1n) is 9.99. The highest BCUT2D eigenvalue weighted by atomic mass is 32.1. The van der Waals surface area contributed by atoms with E-state index in [0.29, 0.717) is 29.4 Å². The molecule has 8 nitrogen and oxygen atoms in total. The molecule has 0 bridgehead atoms. The quantitative estimate of drug-likeness (QED) is 0.432. The first-order valence-corrected chi connectivity index (χ1v) is 10.4. The maximum absolute atomic E-state index is 13.3. The van der Waals surface area contributed by atoms with Gasteiger partial charge in [-0.3, -0.25) is 24.6 Å². The molecule has 0 unspecified atom stereocenters. The van der Waals surface area contributed by atoms with Crippen molar-refractivity contribution in [2.24, 2.45) is 11.0 Å². The van der Waals surface area contributed by atoms with E-state index in [1.54, 1.807) is 55.5 Å². The molecule has 162 valence electrons. The van der Waals surface area contributed by atoms with Gasteiger partial charge in [-0.2, -0.15) is 10.1 Å². The predicted octanol–water partition coefficient (Wildman–Crippen LogP) is 2.80. The summed E-state index contributed by atoms with van der Waals surface area (Å²) in [5, 5.41) is 8.08. The van der Waals surface area contributed by atoms with Crippen LogP contribution in [0.1, 0.15) is 13.8 Å². The number of thiocarbonyl (C=S) groups is 1. The molecule has 2 aromatic carbocycles. The standard InChI is InChI=1S/C23H20N4O4S/c1-3-31-17-11-7-10-16(12-17)26-21(29)19(20(28)24-23(26)32)13-18-14(2)25-27(22(18)30)15-8-5-4-6-9-15/h4-13,18H,3H2,1-2H3,(H,24,28,32)/b19-13+/t18-/m0/s1. The monoisotopic (exact) mass is 448 g/mol. The van der Waals surface area contributed by atoms with Gasteiger partial charge in [-0.1, -0.05) is 24.3 Å². The molecular weight excluding hydrogens is 428 g/mol. The van der Waals surface area contributed by atoms with Crippen LogP contribution in [0.3, 0.4) is 0 Å². The molecular formula is C23H20N4O4S. The van der Waals surface area contributed by atoms with Gasteiger partial charge in [-0.15, -0.1) is 0 Å². The van der Waals surface area contributed by atoms with Crippen LogP contribution in [0.5, 0.6) is 5.75 Å². The second-order valence-electron chi connectivity index (χ2n) is 7.12. The predicted molar refractivity (Wildman–Crippen MR) is 124 cm³/mol. The van der Waals surface area contributed by atoms with Gasteiger partial charge < -0.3 is 4.74 Å². The van der Waals surface area contributed by atoms with Crippen molar-refractivity contribution in [1.82, 2.24) is 5.32 Å². The Bertz CT molecular complexity index is 1180. The van der Waals surface area contributed by atoms with Crippen LogP contribution in [0.15, 0.2) is 71.3 Å². The number of anilines is 2. The summed E-state index contributed by atoms with van der Waals surface area (Å²) in [6.07, 6.45) is 1.35. The number of ether oxygens (including phenoxy) is 1. The zero-order valence-corrected chi connectivity index (χ0v) is 18.3. The topological polar surface area (TPSA) is 91.3 Å². The highest BCUT2D eigenvalue weighted by Crippen LogP contribution is 2.28. The number of amides is 3. The van der Waals surface area contributed by atoms with Gasteiger partial charge >= 0.3 is 0 Å². The van der Waals surface area contributed by atoms with Gasteiger partial charge in [-0.05, 0) is 56.4 Å². The number of benzene rings is 2. The van der Waals surface area contributed by atoms with Crippen molar-refractivity contribution in [3.8, 4) is 5.75 Å². The maximum Gasteiger partial charge on any atom is 0.269 e. The largest absolute Gasteiger partial charge is 0.494 e. The lowest BCUT2D eigenvalue weighted by atomic mass is 9.98. The summed E-state index contributed by atoms with van der Waals surface area (Å²) in [5.74, 6) is -1.90. The van der Waals surface area contributed by atoms with E-state index >= 15 is 0 Å². The van der Waals surface area contributed by atoms with E-state index in [1.807, 2.05) is 13.0 Å². The molecule has 0 spiro atoms. The van der Waals surface area contributed by atoms with E-state index < -0.39 is 17.7 Å². The summed E-state index contributed by atoms with van der Waals surface area (Å²) >= 11 is 5.24. The fourth-order valence-electron chi connectivity index (χ4n) is 3.48. The lowest BCUT2D eigenvalue weighted by molar-refractivity contribution is -0.122. The Hall–Kier alpha value is -3.85. The molecule has 1 N–H and O–H groups in total. The van der Waals surface area contributed by atoms with Crippen LogP contribution >= 0.6 is 12.2 Å². The molecule has 3 amide bonds. The molecule has 4 rings (SSSR count). The Morgan fingerprint density at radius 2 is 1.81 bits per heavy atom. The first-order chi connectivity index (χ1) is 15.4. The highest BCUT2D eigenvalue weighted by Gasteiger charge is 2.39. The Morgan fingerprint density at radius 1 is 1.09 bits per heavy atom. The molecule has 9 heteroatoms. The minimum Gasteiger partial charge on any atom is -0.494 e. The smallest absolute Gasteiger partial charge is 0.269 e. The summed E-state index contributed by atoms with van der Waals surface area (Å²) < 4.78 is 5.50. The zero-order valence-electron chi connectivity index (χ0n) is 17.4. The van der Waals surface area contributed by atoms with Crippen molar-refractivity contribution < 1.29 is 19.1 Å². The molecule has 0 aromatic heterocycles. The maximum atomic E-state index is 13.3. The number of para-hydroxylation sites is 1. The van der Waals surface area contributed by atoms with E-state index in [0.717, 1.165) is 0 Å². The molecule has 2 aliphatic rings. The van der Waals surface area contributed by atoms with Gasteiger partial charge in [0.05, 0.1) is 29.6 Å². The molecule has 2 aromatic rings. The van der Waals surface area contributed by atoms with E-state index in [-0.39, 0.29) is 16.6 Å². The normalized spacial score (nSPS) is 20.0. The number of carbonyl (C=O) groups excluding carboxylic acids is 3. The third-order valence-corrected chi connectivity index (χ3v) is 5.29. The van der Waals surface area contributed by atoms with Gasteiger partial charge in [0, 0.05) is 6.07 Å². The number of nitrogens with one attached hydrogen (secondary N) is 1. The van der Waals surface area contributed by atoms with Crippen LogP contribution in [0, 0.1) is 5.92 Å². The van der Waals surface area contributed by atoms with Crippen LogP contribution in [-0.4, -0.2) is 35.2 Å². The number of rotatable bonds is 5. The molecule has 0 aliphatic carbocycles. The summed E-state index contributed by atoms with van der Waals surface area (Å²) in [7, 11) is 0. The summed E-state index contributed by atoms with van der Waals surface area (Å²) in [6.45, 7) is 4.00. The van der Waals surface area contributed by atoms with Crippen molar-refractivity contribution in [3.63, 3.8) is 0 Å². The first kappa shape index (κ1) is 21.4. The fraction of sp³-hybridized carbons (Fsp3) is 0.174. The van der Waals surface area contributed by atoms with Crippen LogP contribution in [0.2, 0.25) is 0 Å². The lowest BCUT2D eigenvalue weighted by Crippen LogP contribution is -2.54. The molecule has 1 atom stereocenters. The van der Waals surface area contributed by atoms with Crippen LogP contribution in [0.25, 0.3) is 0 Å². The molecule has 32 heavy (non-hydrogen) atoms. The van der Waals surface area contributed by atoms with E-state index in [1.165, 1.54) is 16.0 Å². The van der Waals surface area contributed by atoms with Gasteiger partial charge in [0.1, 0.15) is 11.3 Å². The van der Waals surface area contributed by atoms with E-state index in [2.05, 4.69) is 10.4 Å². The minimum absolute atomic E-state index is 0.0418. The van der Waals surface area contributed by atoms with Crippen LogP contribution in [-0.2, 0) is 14.4 Å². The number of hydrazone groups is 1. The average molecular weight is 449 g/mol. The summed E-state index contributed by atoms with van der Waals surface area (Å²) in [5.41, 5.74) is 1.35. The summed E-state index contributed by atoms with van der Waals surface area (Å²) in [6, 6.07) is 15.8. The third kappa shape index (κ3) is 3.90. The van der Waals surface area contributed by atoms with Gasteiger partial charge in [-0.25, -0.2) is 0 Å². The minimum atomic E-state index is -0.844. The molecule has 0 saturated carbocycles. The molecule has 2 aliphatic heterocycles.